The fourth-order valence-electron chi connectivity index (χ4n) is 1.16. The van der Waals surface area contributed by atoms with Gasteiger partial charge in [-0.3, -0.25) is 0 Å². The molecule has 0 atom stereocenters. The fourth-order valence-corrected chi connectivity index (χ4v) is 1.16. The van der Waals surface area contributed by atoms with Gasteiger partial charge in [-0.2, -0.15) is 5.26 Å². The van der Waals surface area contributed by atoms with E-state index in [0.717, 1.165) is 24.1 Å². The summed E-state index contributed by atoms with van der Waals surface area (Å²) in [7, 11) is 0. The van der Waals surface area contributed by atoms with Gasteiger partial charge < -0.3 is 16.9 Å². The molecule has 0 N–H and O–H groups in total. The summed E-state index contributed by atoms with van der Waals surface area (Å²) in [6.07, 6.45) is 0. The molecule has 0 bridgehead atoms. The average Bonchev–Trinajstić information content (AvgIpc) is 2.01. The molecule has 11 heavy (non-hydrogen) atoms. The summed E-state index contributed by atoms with van der Waals surface area (Å²) in [6.45, 7) is 10.3. The molecule has 0 saturated heterocycles. The van der Waals surface area contributed by atoms with Crippen LogP contribution in [0.4, 0.5) is 0 Å². The van der Waals surface area contributed by atoms with Crippen LogP contribution >= 0.6 is 0 Å². The lowest BCUT2D eigenvalue weighted by atomic mass is 10.3. The first kappa shape index (κ1) is 13.3. The number of halogens is 1. The molecule has 0 saturated carbocycles. The van der Waals surface area contributed by atoms with E-state index in [9.17, 15) is 0 Å². The van der Waals surface area contributed by atoms with Crippen molar-refractivity contribution in [2.75, 3.05) is 26.2 Å². The minimum Gasteiger partial charge on any atom is -1.00 e. The van der Waals surface area contributed by atoms with Gasteiger partial charge in [0.05, 0.1) is 19.6 Å². The van der Waals surface area contributed by atoms with Crippen molar-refractivity contribution in [2.45, 2.75) is 20.8 Å². The standard InChI is InChI=1S/C8H17N2.ClH/c1-4-10(5-2,6-3)8-7-9;/h4-6,8H2,1-3H3;1H/q+1;/p-1. The highest BCUT2D eigenvalue weighted by atomic mass is 35.5. The van der Waals surface area contributed by atoms with Gasteiger partial charge in [0.25, 0.3) is 0 Å². The molecule has 0 aliphatic carbocycles. The zero-order chi connectivity index (χ0) is 8.04. The molecule has 0 aromatic rings. The average molecular weight is 177 g/mol. The normalized spacial score (nSPS) is 10.0. The maximum Gasteiger partial charge on any atom is 0.166 e. The highest BCUT2D eigenvalue weighted by Gasteiger charge is 2.18. The Balaban J connectivity index is 0. The third-order valence-electron chi connectivity index (χ3n) is 2.42. The van der Waals surface area contributed by atoms with Crippen molar-refractivity contribution in [3.05, 3.63) is 0 Å². The van der Waals surface area contributed by atoms with Crippen molar-refractivity contribution in [1.29, 1.82) is 5.26 Å². The summed E-state index contributed by atoms with van der Waals surface area (Å²) in [5.41, 5.74) is 0. The van der Waals surface area contributed by atoms with Crippen LogP contribution in [-0.2, 0) is 0 Å². The molecule has 0 fully saturated rings. The first-order valence-corrected chi connectivity index (χ1v) is 3.96. The van der Waals surface area contributed by atoms with Gasteiger partial charge in [0.15, 0.2) is 6.54 Å². The molecule has 66 valence electrons. The number of rotatable bonds is 4. The fraction of sp³-hybridized carbons (Fsp3) is 0.875. The third-order valence-corrected chi connectivity index (χ3v) is 2.42. The highest BCUT2D eigenvalue weighted by Crippen LogP contribution is 2.03. The molecule has 0 amide bonds. The predicted molar refractivity (Wildman–Crippen MR) is 42.4 cm³/mol. The summed E-state index contributed by atoms with van der Waals surface area (Å²) in [4.78, 5) is 0. The number of nitriles is 1. The van der Waals surface area contributed by atoms with Gasteiger partial charge in [-0.05, 0) is 20.8 Å². The van der Waals surface area contributed by atoms with Crippen LogP contribution in [0.25, 0.3) is 0 Å². The van der Waals surface area contributed by atoms with Crippen LogP contribution < -0.4 is 12.4 Å². The summed E-state index contributed by atoms with van der Waals surface area (Å²) in [5, 5.41) is 8.53. The minimum absolute atomic E-state index is 0. The van der Waals surface area contributed by atoms with Gasteiger partial charge in [0.2, 0.25) is 0 Å². The molecule has 0 unspecified atom stereocenters. The Labute approximate surface area is 75.8 Å². The molecule has 0 radical (unpaired) electrons. The molecule has 0 rings (SSSR count). The smallest absolute Gasteiger partial charge is 0.166 e. The second-order valence-corrected chi connectivity index (χ2v) is 2.61. The van der Waals surface area contributed by atoms with E-state index in [1.807, 2.05) is 0 Å². The topological polar surface area (TPSA) is 23.8 Å². The molecule has 2 nitrogen and oxygen atoms in total. The van der Waals surface area contributed by atoms with E-state index in [0.29, 0.717) is 6.54 Å². The Morgan fingerprint density at radius 3 is 1.55 bits per heavy atom. The van der Waals surface area contributed by atoms with Crippen molar-refractivity contribution >= 4 is 0 Å². The Bertz CT molecular complexity index is 116. The van der Waals surface area contributed by atoms with Gasteiger partial charge >= 0.3 is 0 Å². The zero-order valence-electron chi connectivity index (χ0n) is 7.60. The molecule has 0 aliphatic rings. The number of hydrogen-bond donors (Lipinski definition) is 0. The van der Waals surface area contributed by atoms with Crippen LogP contribution in [0.3, 0.4) is 0 Å². The van der Waals surface area contributed by atoms with Crippen molar-refractivity contribution in [1.82, 2.24) is 0 Å². The SMILES string of the molecule is CC[N+](CC)(CC)CC#N.[Cl-]. The molecule has 0 aromatic heterocycles. The van der Waals surface area contributed by atoms with E-state index in [4.69, 9.17) is 5.26 Å². The van der Waals surface area contributed by atoms with Crippen LogP contribution in [0.1, 0.15) is 20.8 Å². The van der Waals surface area contributed by atoms with Crippen LogP contribution in [0.15, 0.2) is 0 Å². The van der Waals surface area contributed by atoms with Crippen molar-refractivity contribution in [3.63, 3.8) is 0 Å². The van der Waals surface area contributed by atoms with Crippen LogP contribution in [0.2, 0.25) is 0 Å². The molecule has 0 aromatic carbocycles. The summed E-state index contributed by atoms with van der Waals surface area (Å²) < 4.78 is 0.941. The second kappa shape index (κ2) is 6.45. The Morgan fingerprint density at radius 2 is 1.45 bits per heavy atom. The summed E-state index contributed by atoms with van der Waals surface area (Å²) >= 11 is 0. The lowest BCUT2D eigenvalue weighted by molar-refractivity contribution is -0.916. The Hall–Kier alpha value is -0.260. The molecule has 0 aliphatic heterocycles. The largest absolute Gasteiger partial charge is 1.00 e. The monoisotopic (exact) mass is 176 g/mol. The van der Waals surface area contributed by atoms with Crippen molar-refractivity contribution in [2.24, 2.45) is 0 Å². The minimum atomic E-state index is 0. The Kier molecular flexibility index (Phi) is 7.82. The maximum absolute atomic E-state index is 8.53. The van der Waals surface area contributed by atoms with Crippen molar-refractivity contribution in [3.8, 4) is 6.07 Å². The lowest BCUT2D eigenvalue weighted by Gasteiger charge is -2.32. The van der Waals surface area contributed by atoms with Crippen LogP contribution in [-0.4, -0.2) is 30.7 Å². The highest BCUT2D eigenvalue weighted by molar-refractivity contribution is 4.67. The molecule has 0 heterocycles. The quantitative estimate of drug-likeness (QED) is 0.374. The first-order chi connectivity index (χ1) is 4.74. The lowest BCUT2D eigenvalue weighted by Crippen LogP contribution is -3.00. The second-order valence-electron chi connectivity index (χ2n) is 2.61. The molecular weight excluding hydrogens is 160 g/mol. The van der Waals surface area contributed by atoms with E-state index in [1.165, 1.54) is 0 Å². The number of nitrogens with zero attached hydrogens (tertiary/aromatic N) is 2. The van der Waals surface area contributed by atoms with Crippen molar-refractivity contribution < 1.29 is 16.9 Å². The van der Waals surface area contributed by atoms with Gasteiger partial charge in [-0.15, -0.1) is 0 Å². The van der Waals surface area contributed by atoms with Gasteiger partial charge in [0.1, 0.15) is 6.07 Å². The number of quaternary nitrogens is 1. The molecule has 3 heteroatoms. The van der Waals surface area contributed by atoms with E-state index < -0.39 is 0 Å². The molecule has 0 spiro atoms. The molecular formula is C8H17ClN2. The third kappa shape index (κ3) is 3.60. The van der Waals surface area contributed by atoms with Gasteiger partial charge in [0, 0.05) is 0 Å². The summed E-state index contributed by atoms with van der Waals surface area (Å²) in [5.74, 6) is 0. The van der Waals surface area contributed by atoms with E-state index in [-0.39, 0.29) is 12.4 Å². The van der Waals surface area contributed by atoms with E-state index in [2.05, 4.69) is 26.8 Å². The van der Waals surface area contributed by atoms with Gasteiger partial charge in [-0.1, -0.05) is 0 Å². The van der Waals surface area contributed by atoms with E-state index in [1.54, 1.807) is 0 Å². The predicted octanol–water partition coefficient (Wildman–Crippen LogP) is -1.61. The van der Waals surface area contributed by atoms with Crippen LogP contribution in [0, 0.1) is 11.3 Å². The number of hydrogen-bond acceptors (Lipinski definition) is 1. The summed E-state index contributed by atoms with van der Waals surface area (Å²) in [6, 6.07) is 2.23. The Morgan fingerprint density at radius 1 is 1.09 bits per heavy atom. The van der Waals surface area contributed by atoms with Crippen LogP contribution in [0.5, 0.6) is 0 Å². The van der Waals surface area contributed by atoms with E-state index >= 15 is 0 Å². The maximum atomic E-state index is 8.53. The van der Waals surface area contributed by atoms with Gasteiger partial charge in [-0.25, -0.2) is 0 Å². The first-order valence-electron chi connectivity index (χ1n) is 3.96. The zero-order valence-corrected chi connectivity index (χ0v) is 8.36.